The molecule has 8 nitrogen and oxygen atoms in total. The third-order valence-corrected chi connectivity index (χ3v) is 5.86. The Morgan fingerprint density at radius 3 is 3.11 bits per heavy atom. The second-order valence-corrected chi connectivity index (χ2v) is 7.90. The second kappa shape index (κ2) is 7.61. The Morgan fingerprint density at radius 1 is 1.37 bits per heavy atom. The van der Waals surface area contributed by atoms with Gasteiger partial charge in [0.2, 0.25) is 11.8 Å². The minimum absolute atomic E-state index is 0.420. The van der Waals surface area contributed by atoms with Gasteiger partial charge in [-0.1, -0.05) is 20.3 Å². The molecule has 0 spiro atoms. The van der Waals surface area contributed by atoms with Crippen LogP contribution in [0.15, 0.2) is 29.4 Å². The van der Waals surface area contributed by atoms with E-state index in [0.29, 0.717) is 42.1 Å². The van der Waals surface area contributed by atoms with Gasteiger partial charge in [0.1, 0.15) is 16.5 Å². The number of aromatic amines is 1. The Bertz CT molecular complexity index is 989. The molecule has 0 saturated heterocycles. The summed E-state index contributed by atoms with van der Waals surface area (Å²) in [5.41, 5.74) is 3.15. The van der Waals surface area contributed by atoms with Gasteiger partial charge in [0, 0.05) is 12.2 Å². The maximum absolute atomic E-state index is 12.0. The molecule has 142 valence electrons. The van der Waals surface area contributed by atoms with Crippen LogP contribution in [0, 0.1) is 5.92 Å². The van der Waals surface area contributed by atoms with Crippen LogP contribution in [0.3, 0.4) is 0 Å². The standard InChI is InChI=1S/C18H22N6O2S/c1-3-11(2)9-26-17-15-16(20-10-19-15)23-18(24-17)22-13-4-5-14-12(8-13)6-7-21-27(14)25/h4-5,8,10-11,21H,3,6-7,9H2,1-2H3,(H2,19,20,22,23,24). The Balaban J connectivity index is 1.61. The van der Waals surface area contributed by atoms with Gasteiger partial charge >= 0.3 is 0 Å². The van der Waals surface area contributed by atoms with Crippen molar-refractivity contribution in [1.29, 1.82) is 0 Å². The topological polar surface area (TPSA) is 105 Å². The van der Waals surface area contributed by atoms with E-state index < -0.39 is 11.0 Å². The van der Waals surface area contributed by atoms with Crippen molar-refractivity contribution in [1.82, 2.24) is 24.7 Å². The summed E-state index contributed by atoms with van der Waals surface area (Å²) in [6.07, 6.45) is 3.45. The van der Waals surface area contributed by atoms with E-state index in [2.05, 4.69) is 43.8 Å². The number of aromatic nitrogens is 4. The van der Waals surface area contributed by atoms with Gasteiger partial charge in [-0.05, 0) is 36.1 Å². The fourth-order valence-electron chi connectivity index (χ4n) is 2.82. The average Bonchev–Trinajstić information content (AvgIpc) is 3.14. The Labute approximate surface area is 159 Å². The molecule has 3 heterocycles. The third-order valence-electron chi connectivity index (χ3n) is 4.60. The Hall–Kier alpha value is -2.52. The normalized spacial score (nSPS) is 17.5. The number of rotatable bonds is 6. The number of anilines is 2. The molecule has 1 aliphatic rings. The number of fused-ring (bicyclic) bond motifs is 2. The van der Waals surface area contributed by atoms with Crippen molar-refractivity contribution < 1.29 is 8.95 Å². The van der Waals surface area contributed by atoms with Crippen LogP contribution >= 0.6 is 0 Å². The van der Waals surface area contributed by atoms with Crippen molar-refractivity contribution in [2.45, 2.75) is 31.6 Å². The van der Waals surface area contributed by atoms with Gasteiger partial charge in [-0.3, -0.25) is 0 Å². The summed E-state index contributed by atoms with van der Waals surface area (Å²) in [7, 11) is -1.14. The van der Waals surface area contributed by atoms with Crippen LogP contribution in [0.4, 0.5) is 11.6 Å². The van der Waals surface area contributed by atoms with Crippen LogP contribution in [0.2, 0.25) is 0 Å². The molecule has 0 fully saturated rings. The van der Waals surface area contributed by atoms with E-state index in [4.69, 9.17) is 4.74 Å². The molecule has 2 aromatic heterocycles. The number of ether oxygens (including phenoxy) is 1. The highest BCUT2D eigenvalue weighted by Gasteiger charge is 2.17. The van der Waals surface area contributed by atoms with Crippen LogP contribution in [0.25, 0.3) is 11.2 Å². The molecule has 0 aliphatic carbocycles. The largest absolute Gasteiger partial charge is 0.476 e. The molecule has 0 amide bonds. The molecule has 0 saturated carbocycles. The average molecular weight is 386 g/mol. The lowest BCUT2D eigenvalue weighted by Crippen LogP contribution is -2.26. The summed E-state index contributed by atoms with van der Waals surface area (Å²) in [4.78, 5) is 17.1. The molecule has 1 aromatic carbocycles. The predicted octanol–water partition coefficient (Wildman–Crippen LogP) is 2.69. The van der Waals surface area contributed by atoms with Crippen molar-refractivity contribution in [2.24, 2.45) is 5.92 Å². The number of hydrogen-bond acceptors (Lipinski definition) is 6. The summed E-state index contributed by atoms with van der Waals surface area (Å²) in [6, 6.07) is 5.74. The first-order valence-electron chi connectivity index (χ1n) is 9.03. The molecule has 27 heavy (non-hydrogen) atoms. The first-order chi connectivity index (χ1) is 13.1. The van der Waals surface area contributed by atoms with Crippen molar-refractivity contribution in [3.63, 3.8) is 0 Å². The molecule has 3 N–H and O–H groups in total. The SMILES string of the molecule is CCC(C)COc1nc(Nc2ccc3c(c2)CCNS3=O)nc2nc[nH]c12. The van der Waals surface area contributed by atoms with Gasteiger partial charge in [-0.25, -0.2) is 13.9 Å². The summed E-state index contributed by atoms with van der Waals surface area (Å²) >= 11 is 0. The summed E-state index contributed by atoms with van der Waals surface area (Å²) in [6.45, 7) is 5.55. The lowest BCUT2D eigenvalue weighted by atomic mass is 10.1. The quantitative estimate of drug-likeness (QED) is 0.602. The summed E-state index contributed by atoms with van der Waals surface area (Å²) < 4.78 is 20.9. The van der Waals surface area contributed by atoms with Crippen LogP contribution in [0.1, 0.15) is 25.8 Å². The maximum Gasteiger partial charge on any atom is 0.245 e. The van der Waals surface area contributed by atoms with Gasteiger partial charge < -0.3 is 15.0 Å². The van der Waals surface area contributed by atoms with E-state index in [1.807, 2.05) is 18.2 Å². The number of benzene rings is 1. The zero-order valence-corrected chi connectivity index (χ0v) is 16.1. The zero-order chi connectivity index (χ0) is 18.8. The Morgan fingerprint density at radius 2 is 2.26 bits per heavy atom. The molecule has 2 unspecified atom stereocenters. The van der Waals surface area contributed by atoms with Crippen molar-refractivity contribution >= 4 is 33.8 Å². The van der Waals surface area contributed by atoms with Crippen LogP contribution < -0.4 is 14.8 Å². The fraction of sp³-hybridized carbons (Fsp3) is 0.389. The number of H-pyrrole nitrogens is 1. The smallest absolute Gasteiger partial charge is 0.245 e. The first-order valence-corrected chi connectivity index (χ1v) is 10.2. The lowest BCUT2D eigenvalue weighted by molar-refractivity contribution is 0.250. The zero-order valence-electron chi connectivity index (χ0n) is 15.3. The molecule has 0 bridgehead atoms. The van der Waals surface area contributed by atoms with E-state index >= 15 is 0 Å². The third kappa shape index (κ3) is 3.79. The fourth-order valence-corrected chi connectivity index (χ4v) is 3.86. The second-order valence-electron chi connectivity index (χ2n) is 6.64. The van der Waals surface area contributed by atoms with Gasteiger partial charge in [0.05, 0.1) is 17.8 Å². The molecule has 3 aromatic rings. The molecule has 0 radical (unpaired) electrons. The monoisotopic (exact) mass is 386 g/mol. The molecule has 9 heteroatoms. The first kappa shape index (κ1) is 17.9. The van der Waals surface area contributed by atoms with Crippen molar-refractivity contribution in [3.8, 4) is 5.88 Å². The van der Waals surface area contributed by atoms with Gasteiger partial charge in [-0.15, -0.1) is 0 Å². The summed E-state index contributed by atoms with van der Waals surface area (Å²) in [5.74, 6) is 1.34. The lowest BCUT2D eigenvalue weighted by Gasteiger charge is -2.17. The van der Waals surface area contributed by atoms with Crippen LogP contribution in [-0.4, -0.2) is 37.3 Å². The molecule has 2 atom stereocenters. The molecule has 1 aliphatic heterocycles. The number of nitrogens with zero attached hydrogens (tertiary/aromatic N) is 3. The van der Waals surface area contributed by atoms with Crippen LogP contribution in [0.5, 0.6) is 5.88 Å². The minimum Gasteiger partial charge on any atom is -0.476 e. The molecular weight excluding hydrogens is 364 g/mol. The highest BCUT2D eigenvalue weighted by molar-refractivity contribution is 7.83. The summed E-state index contributed by atoms with van der Waals surface area (Å²) in [5, 5.41) is 3.22. The number of nitrogens with one attached hydrogen (secondary N) is 3. The van der Waals surface area contributed by atoms with E-state index in [1.165, 1.54) is 0 Å². The van der Waals surface area contributed by atoms with Gasteiger partial charge in [0.15, 0.2) is 5.65 Å². The molecule has 4 rings (SSSR count). The van der Waals surface area contributed by atoms with Crippen molar-refractivity contribution in [3.05, 3.63) is 30.1 Å². The van der Waals surface area contributed by atoms with Gasteiger partial charge in [0.25, 0.3) is 0 Å². The number of hydrogen-bond donors (Lipinski definition) is 3. The van der Waals surface area contributed by atoms with Crippen molar-refractivity contribution in [2.75, 3.05) is 18.5 Å². The van der Waals surface area contributed by atoms with Gasteiger partial charge in [-0.2, -0.15) is 9.97 Å². The van der Waals surface area contributed by atoms with E-state index in [-0.39, 0.29) is 0 Å². The van der Waals surface area contributed by atoms with E-state index in [1.54, 1.807) is 6.33 Å². The van der Waals surface area contributed by atoms with E-state index in [9.17, 15) is 4.21 Å². The van der Waals surface area contributed by atoms with E-state index in [0.717, 1.165) is 29.0 Å². The van der Waals surface area contributed by atoms with Crippen LogP contribution in [-0.2, 0) is 17.4 Å². The maximum atomic E-state index is 12.0. The predicted molar refractivity (Wildman–Crippen MR) is 104 cm³/mol. The Kier molecular flexibility index (Phi) is 5.04. The molecular formula is C18H22N6O2S. The minimum atomic E-state index is -1.14. The highest BCUT2D eigenvalue weighted by Crippen LogP contribution is 2.26. The number of imidazole rings is 1. The highest BCUT2D eigenvalue weighted by atomic mass is 32.2.